The second-order valence-electron chi connectivity index (χ2n) is 5.29. The molecule has 0 atom stereocenters. The van der Waals surface area contributed by atoms with Crippen molar-refractivity contribution in [2.75, 3.05) is 0 Å². The summed E-state index contributed by atoms with van der Waals surface area (Å²) in [5.41, 5.74) is 6.33. The lowest BCUT2D eigenvalue weighted by molar-refractivity contribution is 0.0954. The van der Waals surface area contributed by atoms with E-state index in [9.17, 15) is 4.79 Å². The van der Waals surface area contributed by atoms with Crippen molar-refractivity contribution in [2.24, 2.45) is 11.0 Å². The molecule has 1 amide bonds. The number of amides is 1. The summed E-state index contributed by atoms with van der Waals surface area (Å²) in [5, 5.41) is 4.10. The van der Waals surface area contributed by atoms with E-state index in [2.05, 4.69) is 10.5 Å². The zero-order valence-corrected chi connectivity index (χ0v) is 12.6. The molecular formula is C18H20N2O. The number of nitrogens with zero attached hydrogens (tertiary/aromatic N) is 1. The van der Waals surface area contributed by atoms with E-state index in [1.54, 1.807) is 0 Å². The third kappa shape index (κ3) is 4.02. The Morgan fingerprint density at radius 1 is 0.952 bits per heavy atom. The van der Waals surface area contributed by atoms with E-state index < -0.39 is 0 Å². The minimum Gasteiger partial charge on any atom is -0.267 e. The second kappa shape index (κ2) is 6.84. The van der Waals surface area contributed by atoms with Gasteiger partial charge in [-0.15, -0.1) is 0 Å². The third-order valence-corrected chi connectivity index (χ3v) is 3.42. The molecule has 0 unspecified atom stereocenters. The molecule has 0 heterocycles. The van der Waals surface area contributed by atoms with Gasteiger partial charge >= 0.3 is 0 Å². The molecule has 0 radical (unpaired) electrons. The van der Waals surface area contributed by atoms with Crippen LogP contribution in [0.15, 0.2) is 59.7 Å². The largest absolute Gasteiger partial charge is 0.271 e. The predicted octanol–water partition coefficient (Wildman–Crippen LogP) is 4.12. The highest BCUT2D eigenvalue weighted by molar-refractivity contribution is 5.95. The standard InChI is InChI=1S/C18H20N2O/c1-13(2)14(3)19-20-18(21)17-11-9-16(10-12-17)15-7-5-4-6-8-15/h4-13H,1-3H3,(H,20,21)/b19-14+. The molecule has 3 heteroatoms. The molecule has 0 fully saturated rings. The highest BCUT2D eigenvalue weighted by Gasteiger charge is 2.06. The summed E-state index contributed by atoms with van der Waals surface area (Å²) in [5.74, 6) is 0.139. The lowest BCUT2D eigenvalue weighted by Crippen LogP contribution is -2.20. The van der Waals surface area contributed by atoms with Gasteiger partial charge < -0.3 is 0 Å². The van der Waals surface area contributed by atoms with Gasteiger partial charge in [0, 0.05) is 11.3 Å². The van der Waals surface area contributed by atoms with Gasteiger partial charge in [0.1, 0.15) is 0 Å². The van der Waals surface area contributed by atoms with Crippen LogP contribution >= 0.6 is 0 Å². The molecule has 108 valence electrons. The van der Waals surface area contributed by atoms with Crippen LogP contribution in [0, 0.1) is 5.92 Å². The fraction of sp³-hybridized carbons (Fsp3) is 0.222. The van der Waals surface area contributed by atoms with Crippen LogP contribution in [0.2, 0.25) is 0 Å². The topological polar surface area (TPSA) is 41.5 Å². The van der Waals surface area contributed by atoms with Gasteiger partial charge in [0.15, 0.2) is 0 Å². The molecule has 0 saturated heterocycles. The van der Waals surface area contributed by atoms with Gasteiger partial charge in [0.25, 0.3) is 5.91 Å². The van der Waals surface area contributed by atoms with Crippen molar-refractivity contribution in [3.05, 3.63) is 60.2 Å². The van der Waals surface area contributed by atoms with Crippen molar-refractivity contribution in [3.8, 4) is 11.1 Å². The van der Waals surface area contributed by atoms with Crippen LogP contribution < -0.4 is 5.43 Å². The minimum atomic E-state index is -0.186. The Labute approximate surface area is 125 Å². The first-order chi connectivity index (χ1) is 10.1. The van der Waals surface area contributed by atoms with Crippen LogP contribution in [0.1, 0.15) is 31.1 Å². The Hall–Kier alpha value is -2.42. The van der Waals surface area contributed by atoms with E-state index >= 15 is 0 Å². The molecule has 0 aliphatic rings. The van der Waals surface area contributed by atoms with Crippen LogP contribution in [-0.4, -0.2) is 11.6 Å². The van der Waals surface area contributed by atoms with Crippen LogP contribution in [0.3, 0.4) is 0 Å². The quantitative estimate of drug-likeness (QED) is 0.664. The maximum Gasteiger partial charge on any atom is 0.271 e. The zero-order valence-electron chi connectivity index (χ0n) is 12.6. The lowest BCUT2D eigenvalue weighted by atomic mass is 10.0. The highest BCUT2D eigenvalue weighted by atomic mass is 16.2. The van der Waals surface area contributed by atoms with Gasteiger partial charge in [-0.3, -0.25) is 4.79 Å². The molecule has 2 aromatic carbocycles. The number of rotatable bonds is 4. The Kier molecular flexibility index (Phi) is 4.88. The number of hydrazone groups is 1. The summed E-state index contributed by atoms with van der Waals surface area (Å²) >= 11 is 0. The maximum absolute atomic E-state index is 12.0. The van der Waals surface area contributed by atoms with Crippen molar-refractivity contribution in [1.29, 1.82) is 0 Å². The van der Waals surface area contributed by atoms with Crippen molar-refractivity contribution in [2.45, 2.75) is 20.8 Å². The van der Waals surface area contributed by atoms with E-state index in [1.807, 2.05) is 75.4 Å². The molecule has 0 spiro atoms. The SMILES string of the molecule is C/C(=N\NC(=O)c1ccc(-c2ccccc2)cc1)C(C)C. The first-order valence-corrected chi connectivity index (χ1v) is 7.08. The number of hydrogen-bond donors (Lipinski definition) is 1. The van der Waals surface area contributed by atoms with Crippen LogP contribution in [0.5, 0.6) is 0 Å². The summed E-state index contributed by atoms with van der Waals surface area (Å²) in [4.78, 5) is 12.0. The first-order valence-electron chi connectivity index (χ1n) is 7.08. The molecule has 0 aliphatic heterocycles. The fourth-order valence-corrected chi connectivity index (χ4v) is 1.78. The lowest BCUT2D eigenvalue weighted by Gasteiger charge is -2.06. The van der Waals surface area contributed by atoms with E-state index in [-0.39, 0.29) is 5.91 Å². The smallest absolute Gasteiger partial charge is 0.267 e. The number of benzene rings is 2. The van der Waals surface area contributed by atoms with E-state index in [4.69, 9.17) is 0 Å². The molecule has 2 aromatic rings. The summed E-state index contributed by atoms with van der Waals surface area (Å²) < 4.78 is 0. The van der Waals surface area contributed by atoms with E-state index in [0.717, 1.165) is 16.8 Å². The molecule has 0 aliphatic carbocycles. The van der Waals surface area contributed by atoms with Crippen LogP contribution in [0.4, 0.5) is 0 Å². The number of hydrogen-bond acceptors (Lipinski definition) is 2. The highest BCUT2D eigenvalue weighted by Crippen LogP contribution is 2.19. The molecule has 0 saturated carbocycles. The van der Waals surface area contributed by atoms with Crippen molar-refractivity contribution in [1.82, 2.24) is 5.43 Å². The minimum absolute atomic E-state index is 0.186. The average molecular weight is 280 g/mol. The van der Waals surface area contributed by atoms with Crippen molar-refractivity contribution >= 4 is 11.6 Å². The third-order valence-electron chi connectivity index (χ3n) is 3.42. The molecule has 1 N–H and O–H groups in total. The summed E-state index contributed by atoms with van der Waals surface area (Å²) in [7, 11) is 0. The number of carbonyl (C=O) groups is 1. The molecule has 21 heavy (non-hydrogen) atoms. The van der Waals surface area contributed by atoms with Crippen molar-refractivity contribution in [3.63, 3.8) is 0 Å². The molecule has 2 rings (SSSR count). The molecular weight excluding hydrogens is 260 g/mol. The number of carbonyl (C=O) groups excluding carboxylic acids is 1. The average Bonchev–Trinajstić information content (AvgIpc) is 2.53. The first kappa shape index (κ1) is 15.0. The summed E-state index contributed by atoms with van der Waals surface area (Å²) in [6.45, 7) is 5.99. The normalized spacial score (nSPS) is 11.5. The van der Waals surface area contributed by atoms with Crippen molar-refractivity contribution < 1.29 is 4.79 Å². The predicted molar refractivity (Wildman–Crippen MR) is 87.3 cm³/mol. The molecule has 0 aromatic heterocycles. The second-order valence-corrected chi connectivity index (χ2v) is 5.29. The zero-order chi connectivity index (χ0) is 15.2. The van der Waals surface area contributed by atoms with Gasteiger partial charge in [-0.25, -0.2) is 5.43 Å². The van der Waals surface area contributed by atoms with Gasteiger partial charge in [0.05, 0.1) is 0 Å². The monoisotopic (exact) mass is 280 g/mol. The summed E-state index contributed by atoms with van der Waals surface area (Å²) in [6, 6.07) is 17.6. The Morgan fingerprint density at radius 2 is 1.52 bits per heavy atom. The Bertz CT molecular complexity index is 628. The molecule has 0 bridgehead atoms. The Balaban J connectivity index is 2.09. The fourth-order valence-electron chi connectivity index (χ4n) is 1.78. The maximum atomic E-state index is 12.0. The molecule has 3 nitrogen and oxygen atoms in total. The Morgan fingerprint density at radius 3 is 2.10 bits per heavy atom. The summed E-state index contributed by atoms with van der Waals surface area (Å²) in [6.07, 6.45) is 0. The number of nitrogens with one attached hydrogen (secondary N) is 1. The van der Waals surface area contributed by atoms with Gasteiger partial charge in [0.2, 0.25) is 0 Å². The van der Waals surface area contributed by atoms with Gasteiger partial charge in [-0.1, -0.05) is 56.3 Å². The van der Waals surface area contributed by atoms with Gasteiger partial charge in [-0.05, 0) is 36.1 Å². The van der Waals surface area contributed by atoms with Gasteiger partial charge in [-0.2, -0.15) is 5.10 Å². The van der Waals surface area contributed by atoms with Crippen LogP contribution in [0.25, 0.3) is 11.1 Å². The van der Waals surface area contributed by atoms with E-state index in [0.29, 0.717) is 11.5 Å². The van der Waals surface area contributed by atoms with Crippen LogP contribution in [-0.2, 0) is 0 Å². The van der Waals surface area contributed by atoms with E-state index in [1.165, 1.54) is 0 Å².